The molecule has 0 spiro atoms. The third kappa shape index (κ3) is 3.82. The Bertz CT molecular complexity index is 2510. The van der Waals surface area contributed by atoms with Gasteiger partial charge in [0.25, 0.3) is 0 Å². The molecule has 2 nitrogen and oxygen atoms in total. The molecule has 2 heteroatoms. The van der Waals surface area contributed by atoms with E-state index < -0.39 is 0 Å². The number of para-hydroxylation sites is 1. The maximum atomic E-state index is 2.46. The normalized spacial score (nSPS) is 11.6. The molecule has 0 radical (unpaired) electrons. The van der Waals surface area contributed by atoms with Crippen LogP contribution < -0.4 is 4.90 Å². The first-order chi connectivity index (χ1) is 21.8. The van der Waals surface area contributed by atoms with E-state index in [2.05, 4.69) is 179 Å². The molecule has 0 fully saturated rings. The molecule has 0 saturated heterocycles. The van der Waals surface area contributed by atoms with Crippen LogP contribution in [0.4, 0.5) is 17.1 Å². The molecule has 0 N–H and O–H groups in total. The highest BCUT2D eigenvalue weighted by molar-refractivity contribution is 6.26. The number of hydrogen-bond acceptors (Lipinski definition) is 1. The molecule has 0 aliphatic rings. The molecule has 0 atom stereocenters. The van der Waals surface area contributed by atoms with Crippen molar-refractivity contribution in [1.82, 2.24) is 4.57 Å². The Morgan fingerprint density at radius 2 is 0.977 bits per heavy atom. The van der Waals surface area contributed by atoms with E-state index in [-0.39, 0.29) is 0 Å². The molecule has 44 heavy (non-hydrogen) atoms. The lowest BCUT2D eigenvalue weighted by Crippen LogP contribution is -2.10. The molecule has 9 rings (SSSR count). The van der Waals surface area contributed by atoms with Gasteiger partial charge in [-0.15, -0.1) is 0 Å². The van der Waals surface area contributed by atoms with Gasteiger partial charge in [0.15, 0.2) is 0 Å². The maximum absolute atomic E-state index is 2.46. The van der Waals surface area contributed by atoms with Crippen LogP contribution in [-0.2, 0) is 0 Å². The molecule has 8 aromatic carbocycles. The van der Waals surface area contributed by atoms with Gasteiger partial charge in [0.05, 0.1) is 11.0 Å². The van der Waals surface area contributed by atoms with E-state index in [0.717, 1.165) is 22.7 Å². The predicted molar refractivity (Wildman–Crippen MR) is 188 cm³/mol. The zero-order valence-corrected chi connectivity index (χ0v) is 24.1. The fraction of sp³-hybridized carbons (Fsp3) is 0. The summed E-state index contributed by atoms with van der Waals surface area (Å²) in [6.07, 6.45) is 0. The SMILES string of the molecule is c1ccc(N(c2cccc(-n3c4ccc5ccccc5c4c4ccc5ccccc5c43)c2)c2ccc3ccccc3c2)cc1. The van der Waals surface area contributed by atoms with Crippen LogP contribution in [0.5, 0.6) is 0 Å². The Morgan fingerprint density at radius 1 is 0.364 bits per heavy atom. The minimum Gasteiger partial charge on any atom is -0.310 e. The Kier molecular flexibility index (Phi) is 5.54. The number of rotatable bonds is 4. The number of aromatic nitrogens is 1. The average molecular weight is 561 g/mol. The molecule has 206 valence electrons. The highest BCUT2D eigenvalue weighted by atomic mass is 15.1. The topological polar surface area (TPSA) is 8.17 Å². The molecule has 1 heterocycles. The second kappa shape index (κ2) is 9.86. The molecule has 0 aliphatic heterocycles. The minimum absolute atomic E-state index is 1.11. The van der Waals surface area contributed by atoms with Crippen LogP contribution in [0.1, 0.15) is 0 Å². The number of anilines is 3. The van der Waals surface area contributed by atoms with Gasteiger partial charge in [-0.1, -0.05) is 121 Å². The Labute approximate surface area is 255 Å². The first-order valence-corrected chi connectivity index (χ1v) is 15.1. The monoisotopic (exact) mass is 560 g/mol. The van der Waals surface area contributed by atoms with E-state index in [1.807, 2.05) is 0 Å². The summed E-state index contributed by atoms with van der Waals surface area (Å²) in [6.45, 7) is 0. The molecule has 0 aliphatic carbocycles. The molecular weight excluding hydrogens is 532 g/mol. The molecule has 9 aromatic rings. The third-order valence-electron chi connectivity index (χ3n) is 8.89. The zero-order valence-electron chi connectivity index (χ0n) is 24.1. The summed E-state index contributed by atoms with van der Waals surface area (Å²) in [4.78, 5) is 2.36. The van der Waals surface area contributed by atoms with Gasteiger partial charge in [-0.05, 0) is 75.5 Å². The summed E-state index contributed by atoms with van der Waals surface area (Å²) in [5.41, 5.74) is 6.95. The second-order valence-corrected chi connectivity index (χ2v) is 11.4. The van der Waals surface area contributed by atoms with Crippen LogP contribution in [0.15, 0.2) is 170 Å². The highest BCUT2D eigenvalue weighted by Crippen LogP contribution is 2.42. The molecule has 0 saturated carbocycles. The van der Waals surface area contributed by atoms with Crippen molar-refractivity contribution in [1.29, 1.82) is 0 Å². The Morgan fingerprint density at radius 3 is 1.82 bits per heavy atom. The summed E-state index contributed by atoms with van der Waals surface area (Å²) in [5.74, 6) is 0. The van der Waals surface area contributed by atoms with Crippen LogP contribution in [0.3, 0.4) is 0 Å². The maximum Gasteiger partial charge on any atom is 0.0619 e. The Hall–Kier alpha value is -5.86. The lowest BCUT2D eigenvalue weighted by Gasteiger charge is -2.26. The van der Waals surface area contributed by atoms with Gasteiger partial charge in [-0.3, -0.25) is 0 Å². The number of hydrogen-bond donors (Lipinski definition) is 0. The first-order valence-electron chi connectivity index (χ1n) is 15.1. The van der Waals surface area contributed by atoms with Crippen LogP contribution >= 0.6 is 0 Å². The van der Waals surface area contributed by atoms with Crippen molar-refractivity contribution >= 4 is 71.2 Å². The summed E-state index contributed by atoms with van der Waals surface area (Å²) in [5, 5.41) is 10.1. The van der Waals surface area contributed by atoms with E-state index in [0.29, 0.717) is 0 Å². The van der Waals surface area contributed by atoms with Crippen molar-refractivity contribution in [3.8, 4) is 5.69 Å². The zero-order chi connectivity index (χ0) is 29.0. The Balaban J connectivity index is 1.34. The summed E-state index contributed by atoms with van der Waals surface area (Å²) >= 11 is 0. The fourth-order valence-electron chi connectivity index (χ4n) is 6.93. The van der Waals surface area contributed by atoms with E-state index in [9.17, 15) is 0 Å². The number of nitrogens with zero attached hydrogens (tertiary/aromatic N) is 2. The van der Waals surface area contributed by atoms with E-state index in [1.54, 1.807) is 0 Å². The van der Waals surface area contributed by atoms with Crippen LogP contribution in [0.25, 0.3) is 59.8 Å². The van der Waals surface area contributed by atoms with Crippen LogP contribution in [0, 0.1) is 0 Å². The number of fused-ring (bicyclic) bond motifs is 8. The van der Waals surface area contributed by atoms with Crippen molar-refractivity contribution in [2.24, 2.45) is 0 Å². The minimum atomic E-state index is 1.11. The first kappa shape index (κ1) is 24.7. The van der Waals surface area contributed by atoms with Crippen molar-refractivity contribution in [2.45, 2.75) is 0 Å². The standard InChI is InChI=1S/C42H28N2/c1-2-15-33(16-3-1)43(36-24-21-29-11-4-5-14-32(29)27-36)34-17-10-18-35(28-34)44-40-26-23-30-12-6-8-19-37(30)41(40)39-25-22-31-13-7-9-20-38(31)42(39)44/h1-28H. The summed E-state index contributed by atoms with van der Waals surface area (Å²) in [7, 11) is 0. The van der Waals surface area contributed by atoms with Gasteiger partial charge in [0.2, 0.25) is 0 Å². The molecular formula is C42H28N2. The molecule has 1 aromatic heterocycles. The predicted octanol–water partition coefficient (Wildman–Crippen LogP) is 11.7. The van der Waals surface area contributed by atoms with Gasteiger partial charge >= 0.3 is 0 Å². The molecule has 0 bridgehead atoms. The van der Waals surface area contributed by atoms with Gasteiger partial charge in [-0.25, -0.2) is 0 Å². The third-order valence-corrected chi connectivity index (χ3v) is 8.89. The lowest BCUT2D eigenvalue weighted by molar-refractivity contribution is 1.18. The van der Waals surface area contributed by atoms with Crippen molar-refractivity contribution in [3.63, 3.8) is 0 Å². The van der Waals surface area contributed by atoms with Crippen molar-refractivity contribution in [2.75, 3.05) is 4.90 Å². The smallest absolute Gasteiger partial charge is 0.0619 e. The summed E-state index contributed by atoms with van der Waals surface area (Å²) < 4.78 is 2.46. The van der Waals surface area contributed by atoms with Gasteiger partial charge in [-0.2, -0.15) is 0 Å². The van der Waals surface area contributed by atoms with Crippen LogP contribution in [0.2, 0.25) is 0 Å². The van der Waals surface area contributed by atoms with Crippen LogP contribution in [-0.4, -0.2) is 4.57 Å². The number of benzene rings is 8. The lowest BCUT2D eigenvalue weighted by atomic mass is 10.0. The average Bonchev–Trinajstić information content (AvgIpc) is 3.44. The van der Waals surface area contributed by atoms with Gasteiger partial charge < -0.3 is 9.47 Å². The summed E-state index contributed by atoms with van der Waals surface area (Å²) in [6, 6.07) is 61.5. The second-order valence-electron chi connectivity index (χ2n) is 11.4. The molecule has 0 unspecified atom stereocenters. The quantitative estimate of drug-likeness (QED) is 0.208. The van der Waals surface area contributed by atoms with E-state index in [1.165, 1.54) is 54.1 Å². The van der Waals surface area contributed by atoms with E-state index >= 15 is 0 Å². The van der Waals surface area contributed by atoms with Gasteiger partial charge in [0.1, 0.15) is 0 Å². The van der Waals surface area contributed by atoms with E-state index in [4.69, 9.17) is 0 Å². The molecule has 0 amide bonds. The van der Waals surface area contributed by atoms with Crippen molar-refractivity contribution in [3.05, 3.63) is 170 Å². The van der Waals surface area contributed by atoms with Crippen molar-refractivity contribution < 1.29 is 0 Å². The van der Waals surface area contributed by atoms with Gasteiger partial charge in [0, 0.05) is 38.9 Å². The largest absolute Gasteiger partial charge is 0.310 e. The fourth-order valence-corrected chi connectivity index (χ4v) is 6.93. The highest BCUT2D eigenvalue weighted by Gasteiger charge is 2.19.